The molecule has 1 fully saturated rings. The third-order valence-electron chi connectivity index (χ3n) is 3.46. The number of nitrogens with zero attached hydrogens (tertiary/aromatic N) is 3. The fourth-order valence-corrected chi connectivity index (χ4v) is 2.31. The quantitative estimate of drug-likeness (QED) is 0.875. The average Bonchev–Trinajstić information content (AvgIpc) is 3.04. The lowest BCUT2D eigenvalue weighted by atomic mass is 10.3. The maximum absolute atomic E-state index is 12.1. The Morgan fingerprint density at radius 2 is 2.33 bits per heavy atom. The molecule has 21 heavy (non-hydrogen) atoms. The van der Waals surface area contributed by atoms with Crippen LogP contribution < -0.4 is 10.2 Å². The predicted molar refractivity (Wildman–Crippen MR) is 79.6 cm³/mol. The van der Waals surface area contributed by atoms with Gasteiger partial charge in [-0.15, -0.1) is 0 Å². The molecule has 1 aliphatic rings. The third-order valence-corrected chi connectivity index (χ3v) is 3.46. The summed E-state index contributed by atoms with van der Waals surface area (Å²) in [6, 6.07) is 5.66. The summed E-state index contributed by atoms with van der Waals surface area (Å²) in [4.78, 5) is 19.8. The van der Waals surface area contributed by atoms with Crippen LogP contribution in [0.3, 0.4) is 0 Å². The van der Waals surface area contributed by atoms with E-state index >= 15 is 0 Å². The number of aromatic nitrogens is 1. The number of carbonyl (C=O) groups excluding carboxylic acids is 1. The second-order valence-electron chi connectivity index (χ2n) is 5.39. The standard InChI is InChI=1S/C14H18N4O3/c1-17(2)14-16-11-4-3-9(7-12(11)21-14)15-13(20)18-6-5-10(19)8-18/h3-4,7,10,19H,5-6,8H2,1-2H3,(H,15,20)/t10-/m0/s1. The molecule has 2 amide bonds. The number of aliphatic hydroxyl groups excluding tert-OH is 1. The van der Waals surface area contributed by atoms with E-state index in [1.54, 1.807) is 28.0 Å². The summed E-state index contributed by atoms with van der Waals surface area (Å²) in [7, 11) is 3.71. The highest BCUT2D eigenvalue weighted by molar-refractivity contribution is 5.92. The van der Waals surface area contributed by atoms with E-state index in [-0.39, 0.29) is 6.03 Å². The van der Waals surface area contributed by atoms with Crippen LogP contribution in [0.25, 0.3) is 11.1 Å². The lowest BCUT2D eigenvalue weighted by molar-refractivity contribution is 0.176. The molecule has 3 rings (SSSR count). The van der Waals surface area contributed by atoms with Crippen molar-refractivity contribution in [2.24, 2.45) is 0 Å². The molecule has 0 spiro atoms. The molecule has 2 aromatic rings. The lowest BCUT2D eigenvalue weighted by Gasteiger charge is -2.16. The first-order valence-corrected chi connectivity index (χ1v) is 6.85. The van der Waals surface area contributed by atoms with Crippen molar-refractivity contribution >= 4 is 28.8 Å². The Morgan fingerprint density at radius 3 is 3.00 bits per heavy atom. The monoisotopic (exact) mass is 290 g/mol. The van der Waals surface area contributed by atoms with Crippen molar-refractivity contribution < 1.29 is 14.3 Å². The molecule has 1 aromatic heterocycles. The largest absolute Gasteiger partial charge is 0.423 e. The van der Waals surface area contributed by atoms with Crippen molar-refractivity contribution in [1.82, 2.24) is 9.88 Å². The van der Waals surface area contributed by atoms with Gasteiger partial charge in [0.2, 0.25) is 0 Å². The molecular formula is C14H18N4O3. The summed E-state index contributed by atoms with van der Waals surface area (Å²) >= 11 is 0. The molecule has 0 aliphatic carbocycles. The van der Waals surface area contributed by atoms with Gasteiger partial charge in [-0.3, -0.25) is 0 Å². The van der Waals surface area contributed by atoms with Crippen LogP contribution in [-0.2, 0) is 0 Å². The zero-order chi connectivity index (χ0) is 15.0. The number of rotatable bonds is 2. The van der Waals surface area contributed by atoms with Gasteiger partial charge in [0.15, 0.2) is 5.58 Å². The molecule has 0 radical (unpaired) electrons. The minimum atomic E-state index is -0.421. The summed E-state index contributed by atoms with van der Waals surface area (Å²) in [5.74, 6) is 0. The van der Waals surface area contributed by atoms with E-state index in [9.17, 15) is 9.90 Å². The number of urea groups is 1. The van der Waals surface area contributed by atoms with Gasteiger partial charge in [0.1, 0.15) is 5.52 Å². The van der Waals surface area contributed by atoms with Crippen LogP contribution >= 0.6 is 0 Å². The Hall–Kier alpha value is -2.28. The molecule has 7 heteroatoms. The van der Waals surface area contributed by atoms with E-state index in [1.807, 2.05) is 14.1 Å². The number of nitrogens with one attached hydrogen (secondary N) is 1. The van der Waals surface area contributed by atoms with Crippen LogP contribution in [0.2, 0.25) is 0 Å². The van der Waals surface area contributed by atoms with E-state index in [2.05, 4.69) is 10.3 Å². The Labute approximate surface area is 122 Å². The molecule has 1 aromatic carbocycles. The fraction of sp³-hybridized carbons (Fsp3) is 0.429. The van der Waals surface area contributed by atoms with Gasteiger partial charge < -0.3 is 24.6 Å². The molecule has 1 saturated heterocycles. The zero-order valence-corrected chi connectivity index (χ0v) is 12.0. The van der Waals surface area contributed by atoms with Crippen LogP contribution in [-0.4, -0.2) is 54.3 Å². The van der Waals surface area contributed by atoms with E-state index < -0.39 is 6.10 Å². The van der Waals surface area contributed by atoms with Gasteiger partial charge in [0.25, 0.3) is 6.01 Å². The molecular weight excluding hydrogens is 272 g/mol. The number of oxazole rings is 1. The number of fused-ring (bicyclic) bond motifs is 1. The summed E-state index contributed by atoms with van der Waals surface area (Å²) in [5, 5.41) is 12.3. The average molecular weight is 290 g/mol. The Morgan fingerprint density at radius 1 is 1.52 bits per heavy atom. The van der Waals surface area contributed by atoms with Crippen molar-refractivity contribution in [2.75, 3.05) is 37.4 Å². The minimum absolute atomic E-state index is 0.210. The molecule has 2 heterocycles. The second kappa shape index (κ2) is 5.25. The number of hydrogen-bond acceptors (Lipinski definition) is 5. The number of likely N-dealkylation sites (tertiary alicyclic amines) is 1. The maximum Gasteiger partial charge on any atom is 0.321 e. The van der Waals surface area contributed by atoms with Crippen LogP contribution in [0.5, 0.6) is 0 Å². The van der Waals surface area contributed by atoms with Crippen molar-refractivity contribution in [3.05, 3.63) is 18.2 Å². The smallest absolute Gasteiger partial charge is 0.321 e. The Kier molecular flexibility index (Phi) is 3.42. The first-order chi connectivity index (χ1) is 10.0. The van der Waals surface area contributed by atoms with Crippen LogP contribution in [0.4, 0.5) is 16.5 Å². The molecule has 1 atom stereocenters. The Balaban J connectivity index is 1.76. The van der Waals surface area contributed by atoms with E-state index in [0.29, 0.717) is 36.8 Å². The number of aliphatic hydroxyl groups is 1. The minimum Gasteiger partial charge on any atom is -0.423 e. The number of anilines is 2. The van der Waals surface area contributed by atoms with Crippen LogP contribution in [0.1, 0.15) is 6.42 Å². The highest BCUT2D eigenvalue weighted by Gasteiger charge is 2.24. The highest BCUT2D eigenvalue weighted by atomic mass is 16.4. The first kappa shape index (κ1) is 13.7. The van der Waals surface area contributed by atoms with Crippen molar-refractivity contribution in [2.45, 2.75) is 12.5 Å². The molecule has 112 valence electrons. The summed E-state index contributed by atoms with van der Waals surface area (Å²) < 4.78 is 5.60. The summed E-state index contributed by atoms with van der Waals surface area (Å²) in [6.45, 7) is 0.948. The van der Waals surface area contributed by atoms with Crippen molar-refractivity contribution in [3.8, 4) is 0 Å². The molecule has 0 saturated carbocycles. The molecule has 2 N–H and O–H groups in total. The molecule has 0 bridgehead atoms. The predicted octanol–water partition coefficient (Wildman–Crippen LogP) is 1.49. The van der Waals surface area contributed by atoms with Gasteiger partial charge in [0.05, 0.1) is 6.10 Å². The molecule has 0 unspecified atom stereocenters. The summed E-state index contributed by atoms with van der Waals surface area (Å²) in [5.41, 5.74) is 2.02. The van der Waals surface area contributed by atoms with Gasteiger partial charge in [-0.25, -0.2) is 4.79 Å². The number of β-amino-alcohol motifs (C(OH)–C–C–N with tert-alkyl or cyclic N) is 1. The highest BCUT2D eigenvalue weighted by Crippen LogP contribution is 2.24. The van der Waals surface area contributed by atoms with Gasteiger partial charge in [0, 0.05) is 38.9 Å². The van der Waals surface area contributed by atoms with Crippen LogP contribution in [0, 0.1) is 0 Å². The van der Waals surface area contributed by atoms with Gasteiger partial charge in [-0.1, -0.05) is 0 Å². The second-order valence-corrected chi connectivity index (χ2v) is 5.39. The number of amides is 2. The van der Waals surface area contributed by atoms with Crippen molar-refractivity contribution in [1.29, 1.82) is 0 Å². The first-order valence-electron chi connectivity index (χ1n) is 6.85. The van der Waals surface area contributed by atoms with Crippen molar-refractivity contribution in [3.63, 3.8) is 0 Å². The number of hydrogen-bond donors (Lipinski definition) is 2. The van der Waals surface area contributed by atoms with E-state index in [1.165, 1.54) is 0 Å². The third kappa shape index (κ3) is 2.78. The summed E-state index contributed by atoms with van der Waals surface area (Å²) in [6.07, 6.45) is 0.205. The van der Waals surface area contributed by atoms with Gasteiger partial charge >= 0.3 is 6.03 Å². The lowest BCUT2D eigenvalue weighted by Crippen LogP contribution is -2.33. The maximum atomic E-state index is 12.1. The number of benzene rings is 1. The van der Waals surface area contributed by atoms with Gasteiger partial charge in [-0.2, -0.15) is 4.98 Å². The SMILES string of the molecule is CN(C)c1nc2ccc(NC(=O)N3CC[C@H](O)C3)cc2o1. The fourth-order valence-electron chi connectivity index (χ4n) is 2.31. The number of carbonyl (C=O) groups is 1. The zero-order valence-electron chi connectivity index (χ0n) is 12.0. The normalized spacial score (nSPS) is 18.2. The van der Waals surface area contributed by atoms with Gasteiger partial charge in [-0.05, 0) is 18.6 Å². The van der Waals surface area contributed by atoms with E-state index in [0.717, 1.165) is 5.52 Å². The van der Waals surface area contributed by atoms with Crippen LogP contribution in [0.15, 0.2) is 22.6 Å². The molecule has 7 nitrogen and oxygen atoms in total. The topological polar surface area (TPSA) is 81.8 Å². The molecule has 1 aliphatic heterocycles. The van der Waals surface area contributed by atoms with E-state index in [4.69, 9.17) is 4.42 Å². The Bertz CT molecular complexity index is 667.